The van der Waals surface area contributed by atoms with Crippen LogP contribution in [0.25, 0.3) is 0 Å². The Bertz CT molecular complexity index is 348. The summed E-state index contributed by atoms with van der Waals surface area (Å²) in [5.41, 5.74) is 0.920. The molecule has 0 fully saturated rings. The Hall–Kier alpha value is -1.03. The van der Waals surface area contributed by atoms with E-state index in [1.54, 1.807) is 10.8 Å². The maximum atomic E-state index is 10.9. The van der Waals surface area contributed by atoms with Crippen molar-refractivity contribution in [1.82, 2.24) is 9.55 Å². The number of aromatic nitrogens is 2. The van der Waals surface area contributed by atoms with Gasteiger partial charge in [0.25, 0.3) is 0 Å². The van der Waals surface area contributed by atoms with Gasteiger partial charge in [-0.15, -0.1) is 0 Å². The third kappa shape index (κ3) is 1.31. The molecule has 0 saturated heterocycles. The highest BCUT2D eigenvalue weighted by Crippen LogP contribution is 2.28. The van der Waals surface area contributed by atoms with E-state index < -0.39 is 12.0 Å². The van der Waals surface area contributed by atoms with Gasteiger partial charge in [-0.1, -0.05) is 0 Å². The van der Waals surface area contributed by atoms with Crippen molar-refractivity contribution < 1.29 is 9.90 Å². The van der Waals surface area contributed by atoms with Crippen molar-refractivity contribution in [3.63, 3.8) is 0 Å². The van der Waals surface area contributed by atoms with Gasteiger partial charge in [-0.3, -0.25) is 0 Å². The molecule has 13 heavy (non-hydrogen) atoms. The molecular formula is C8H9ClN2O2. The molecule has 2 rings (SSSR count). The number of carboxylic acids is 1. The molecule has 0 radical (unpaired) electrons. The number of hydrogen-bond acceptors (Lipinski definition) is 2. The Kier molecular flexibility index (Phi) is 2.00. The first kappa shape index (κ1) is 8.56. The normalized spacial score (nSPS) is 21.2. The molecule has 0 aliphatic carbocycles. The second kappa shape index (κ2) is 3.03. The molecule has 1 aliphatic heterocycles. The molecule has 1 aliphatic rings. The minimum Gasteiger partial charge on any atom is -0.480 e. The summed E-state index contributed by atoms with van der Waals surface area (Å²) in [6, 6.07) is -0.529. The summed E-state index contributed by atoms with van der Waals surface area (Å²) in [5, 5.41) is 9.20. The molecule has 70 valence electrons. The maximum Gasteiger partial charge on any atom is 0.326 e. The molecular weight excluding hydrogens is 192 g/mol. The van der Waals surface area contributed by atoms with Crippen molar-refractivity contribution in [3.8, 4) is 0 Å². The molecule has 0 amide bonds. The average Bonchev–Trinajstić information content (AvgIpc) is 2.48. The van der Waals surface area contributed by atoms with Gasteiger partial charge < -0.3 is 9.67 Å². The smallest absolute Gasteiger partial charge is 0.326 e. The molecule has 2 heterocycles. The van der Waals surface area contributed by atoms with Crippen molar-refractivity contribution in [2.24, 2.45) is 0 Å². The van der Waals surface area contributed by atoms with E-state index in [9.17, 15) is 4.79 Å². The van der Waals surface area contributed by atoms with E-state index in [1.165, 1.54) is 0 Å². The topological polar surface area (TPSA) is 55.1 Å². The molecule has 1 aromatic heterocycles. The van der Waals surface area contributed by atoms with Gasteiger partial charge in [-0.2, -0.15) is 0 Å². The Morgan fingerprint density at radius 2 is 2.54 bits per heavy atom. The highest BCUT2D eigenvalue weighted by atomic mass is 35.5. The van der Waals surface area contributed by atoms with Gasteiger partial charge in [0.15, 0.2) is 0 Å². The van der Waals surface area contributed by atoms with Crippen LogP contribution in [0.15, 0.2) is 6.20 Å². The quantitative estimate of drug-likeness (QED) is 0.748. The van der Waals surface area contributed by atoms with E-state index in [-0.39, 0.29) is 5.28 Å². The monoisotopic (exact) mass is 200 g/mol. The first-order valence-electron chi connectivity index (χ1n) is 4.14. The SMILES string of the molecule is O=C(O)C1CCCc2cnc(Cl)n21. The molecule has 4 nitrogen and oxygen atoms in total. The van der Waals surface area contributed by atoms with E-state index in [0.717, 1.165) is 18.5 Å². The fourth-order valence-corrected chi connectivity index (χ4v) is 2.00. The van der Waals surface area contributed by atoms with Crippen molar-refractivity contribution in [3.05, 3.63) is 17.2 Å². The number of carboxylic acid groups (broad SMARTS) is 1. The summed E-state index contributed by atoms with van der Waals surface area (Å²) in [6.45, 7) is 0. The largest absolute Gasteiger partial charge is 0.480 e. The van der Waals surface area contributed by atoms with Crippen LogP contribution in [0, 0.1) is 0 Å². The number of rotatable bonds is 1. The number of halogens is 1. The molecule has 0 spiro atoms. The van der Waals surface area contributed by atoms with Gasteiger partial charge in [0.1, 0.15) is 6.04 Å². The van der Waals surface area contributed by atoms with E-state index in [4.69, 9.17) is 16.7 Å². The highest BCUT2D eigenvalue weighted by Gasteiger charge is 2.27. The van der Waals surface area contributed by atoms with Gasteiger partial charge in [0, 0.05) is 11.9 Å². The van der Waals surface area contributed by atoms with Gasteiger partial charge in [0.05, 0.1) is 0 Å². The number of imidazole rings is 1. The van der Waals surface area contributed by atoms with E-state index >= 15 is 0 Å². The maximum absolute atomic E-state index is 10.9. The number of nitrogens with zero attached hydrogens (tertiary/aromatic N) is 2. The Labute approximate surface area is 80.1 Å². The van der Waals surface area contributed by atoms with Crippen LogP contribution in [0.4, 0.5) is 0 Å². The van der Waals surface area contributed by atoms with Crippen LogP contribution in [0.2, 0.25) is 5.28 Å². The summed E-state index contributed by atoms with van der Waals surface area (Å²) in [7, 11) is 0. The minimum atomic E-state index is -0.833. The summed E-state index contributed by atoms with van der Waals surface area (Å²) < 4.78 is 1.60. The predicted molar refractivity (Wildman–Crippen MR) is 46.8 cm³/mol. The Morgan fingerprint density at radius 1 is 1.77 bits per heavy atom. The fraction of sp³-hybridized carbons (Fsp3) is 0.500. The van der Waals surface area contributed by atoms with Crippen molar-refractivity contribution in [1.29, 1.82) is 0 Å². The fourth-order valence-electron chi connectivity index (χ4n) is 1.72. The van der Waals surface area contributed by atoms with Crippen LogP contribution in [0.1, 0.15) is 24.6 Å². The Morgan fingerprint density at radius 3 is 3.23 bits per heavy atom. The van der Waals surface area contributed by atoms with E-state index in [1.807, 2.05) is 0 Å². The van der Waals surface area contributed by atoms with Gasteiger partial charge in [-0.05, 0) is 30.9 Å². The molecule has 0 bridgehead atoms. The summed E-state index contributed by atoms with van der Waals surface area (Å²) in [4.78, 5) is 14.8. The second-order valence-electron chi connectivity index (χ2n) is 3.13. The zero-order valence-corrected chi connectivity index (χ0v) is 7.66. The third-order valence-corrected chi connectivity index (χ3v) is 2.62. The number of aryl methyl sites for hydroxylation is 1. The predicted octanol–water partition coefficient (Wildman–Crippen LogP) is 1.50. The van der Waals surface area contributed by atoms with Crippen molar-refractivity contribution in [2.75, 3.05) is 0 Å². The standard InChI is InChI=1S/C8H9ClN2O2/c9-8-10-4-5-2-1-3-6(7(12)13)11(5)8/h4,6H,1-3H2,(H,12,13). The zero-order valence-electron chi connectivity index (χ0n) is 6.90. The lowest BCUT2D eigenvalue weighted by molar-refractivity contribution is -0.141. The van der Waals surface area contributed by atoms with Gasteiger partial charge >= 0.3 is 5.97 Å². The first-order valence-corrected chi connectivity index (χ1v) is 4.52. The van der Waals surface area contributed by atoms with Crippen LogP contribution < -0.4 is 0 Å². The first-order chi connectivity index (χ1) is 6.20. The van der Waals surface area contributed by atoms with Crippen LogP contribution in [0.5, 0.6) is 0 Å². The summed E-state index contributed by atoms with van der Waals surface area (Å²) >= 11 is 5.79. The summed E-state index contributed by atoms with van der Waals surface area (Å²) in [6.07, 6.45) is 4.04. The summed E-state index contributed by atoms with van der Waals surface area (Å²) in [5.74, 6) is -0.833. The Balaban J connectivity index is 2.46. The molecule has 5 heteroatoms. The highest BCUT2D eigenvalue weighted by molar-refractivity contribution is 6.28. The lowest BCUT2D eigenvalue weighted by Crippen LogP contribution is -2.24. The lowest BCUT2D eigenvalue weighted by Gasteiger charge is -2.22. The molecule has 0 saturated carbocycles. The van der Waals surface area contributed by atoms with Crippen LogP contribution in [-0.4, -0.2) is 20.6 Å². The van der Waals surface area contributed by atoms with Crippen molar-refractivity contribution in [2.45, 2.75) is 25.3 Å². The van der Waals surface area contributed by atoms with E-state index in [2.05, 4.69) is 4.98 Å². The number of fused-ring (bicyclic) bond motifs is 1. The van der Waals surface area contributed by atoms with Crippen molar-refractivity contribution >= 4 is 17.6 Å². The minimum absolute atomic E-state index is 0.280. The van der Waals surface area contributed by atoms with Gasteiger partial charge in [-0.25, -0.2) is 9.78 Å². The van der Waals surface area contributed by atoms with Gasteiger partial charge in [0.2, 0.25) is 5.28 Å². The average molecular weight is 201 g/mol. The number of carbonyl (C=O) groups is 1. The molecule has 1 aromatic rings. The number of aliphatic carboxylic acids is 1. The second-order valence-corrected chi connectivity index (χ2v) is 3.47. The number of hydrogen-bond donors (Lipinski definition) is 1. The molecule has 1 atom stereocenters. The molecule has 0 aromatic carbocycles. The lowest BCUT2D eigenvalue weighted by atomic mass is 10.0. The molecule has 1 N–H and O–H groups in total. The third-order valence-electron chi connectivity index (χ3n) is 2.34. The zero-order chi connectivity index (χ0) is 9.42. The van der Waals surface area contributed by atoms with E-state index in [0.29, 0.717) is 6.42 Å². The van der Waals surface area contributed by atoms with Crippen LogP contribution in [-0.2, 0) is 11.2 Å². The van der Waals surface area contributed by atoms with Crippen LogP contribution >= 0.6 is 11.6 Å². The van der Waals surface area contributed by atoms with Crippen LogP contribution in [0.3, 0.4) is 0 Å². The molecule has 1 unspecified atom stereocenters.